The summed E-state index contributed by atoms with van der Waals surface area (Å²) in [6.45, 7) is 5.90. The third kappa shape index (κ3) is 2.72. The predicted octanol–water partition coefficient (Wildman–Crippen LogP) is 3.29. The Morgan fingerprint density at radius 1 is 1.29 bits per heavy atom. The highest BCUT2D eigenvalue weighted by atomic mass is 16.7. The number of piperidine rings is 1. The average Bonchev–Trinajstić information content (AvgIpc) is 3.18. The van der Waals surface area contributed by atoms with Gasteiger partial charge in [-0.25, -0.2) is 0 Å². The van der Waals surface area contributed by atoms with Crippen LogP contribution >= 0.6 is 0 Å². The summed E-state index contributed by atoms with van der Waals surface area (Å²) in [7, 11) is 0. The highest BCUT2D eigenvalue weighted by Crippen LogP contribution is 2.35. The molecule has 2 atom stereocenters. The van der Waals surface area contributed by atoms with Crippen molar-refractivity contribution in [3.05, 3.63) is 36.1 Å². The molecule has 24 heavy (non-hydrogen) atoms. The van der Waals surface area contributed by atoms with Crippen LogP contribution in [0.5, 0.6) is 0 Å². The van der Waals surface area contributed by atoms with Gasteiger partial charge in [-0.15, -0.1) is 0 Å². The van der Waals surface area contributed by atoms with E-state index in [9.17, 15) is 4.79 Å². The fourth-order valence-electron chi connectivity index (χ4n) is 3.65. The second-order valence-electron chi connectivity index (χ2n) is 6.88. The van der Waals surface area contributed by atoms with Crippen LogP contribution in [0, 0.1) is 0 Å². The van der Waals surface area contributed by atoms with Crippen LogP contribution in [0.2, 0.25) is 0 Å². The molecule has 3 heterocycles. The van der Waals surface area contributed by atoms with Crippen molar-refractivity contribution in [2.75, 3.05) is 19.7 Å². The van der Waals surface area contributed by atoms with E-state index in [1.165, 1.54) is 0 Å². The van der Waals surface area contributed by atoms with Gasteiger partial charge in [-0.3, -0.25) is 4.79 Å². The van der Waals surface area contributed by atoms with Crippen molar-refractivity contribution in [2.24, 2.45) is 0 Å². The number of carbonyl (C=O) groups excluding carboxylic acids is 1. The van der Waals surface area contributed by atoms with Crippen molar-refractivity contribution in [1.82, 2.24) is 4.90 Å². The number of rotatable bonds is 2. The number of ether oxygens (including phenoxy) is 2. The average molecular weight is 329 g/mol. The third-order valence-electron chi connectivity index (χ3n) is 5.08. The summed E-state index contributed by atoms with van der Waals surface area (Å²) in [5.74, 6) is 0.0768. The molecule has 1 aromatic carbocycles. The minimum atomic E-state index is -0.473. The van der Waals surface area contributed by atoms with Gasteiger partial charge in [0.05, 0.1) is 18.6 Å². The standard InChI is InChI=1S/C19H23NO4/c1-13-12-22-19(24-13)7-9-20(10-8-19)18(21)14(2)17-11-15-5-3-4-6-16(15)23-17/h3-6,11,13-14H,7-10,12H2,1-2H3/t13-,14+/m1/s1. The van der Waals surface area contributed by atoms with Gasteiger partial charge in [-0.1, -0.05) is 18.2 Å². The lowest BCUT2D eigenvalue weighted by Crippen LogP contribution is -2.48. The number of benzene rings is 1. The summed E-state index contributed by atoms with van der Waals surface area (Å²) in [5.41, 5.74) is 0.825. The van der Waals surface area contributed by atoms with Crippen molar-refractivity contribution in [3.63, 3.8) is 0 Å². The number of carbonyl (C=O) groups is 1. The molecule has 2 fully saturated rings. The number of amides is 1. The first kappa shape index (κ1) is 15.7. The molecule has 4 rings (SSSR count). The van der Waals surface area contributed by atoms with E-state index in [0.29, 0.717) is 19.7 Å². The van der Waals surface area contributed by atoms with Gasteiger partial charge < -0.3 is 18.8 Å². The molecule has 0 bridgehead atoms. The monoisotopic (exact) mass is 329 g/mol. The van der Waals surface area contributed by atoms with Crippen LogP contribution in [-0.4, -0.2) is 42.4 Å². The van der Waals surface area contributed by atoms with Gasteiger partial charge in [0, 0.05) is 31.3 Å². The maximum absolute atomic E-state index is 12.8. The molecule has 1 aromatic heterocycles. The highest BCUT2D eigenvalue weighted by Gasteiger charge is 2.43. The number of fused-ring (bicyclic) bond motifs is 1. The zero-order valence-corrected chi connectivity index (χ0v) is 14.2. The molecule has 2 saturated heterocycles. The van der Waals surface area contributed by atoms with Crippen molar-refractivity contribution in [3.8, 4) is 0 Å². The van der Waals surface area contributed by atoms with Crippen molar-refractivity contribution in [2.45, 2.75) is 44.5 Å². The first-order chi connectivity index (χ1) is 11.6. The van der Waals surface area contributed by atoms with Crippen molar-refractivity contribution in [1.29, 1.82) is 0 Å². The van der Waals surface area contributed by atoms with E-state index < -0.39 is 5.79 Å². The zero-order chi connectivity index (χ0) is 16.7. The summed E-state index contributed by atoms with van der Waals surface area (Å²) >= 11 is 0. The van der Waals surface area contributed by atoms with Crippen LogP contribution in [0.25, 0.3) is 11.0 Å². The topological polar surface area (TPSA) is 51.9 Å². The third-order valence-corrected chi connectivity index (χ3v) is 5.08. The van der Waals surface area contributed by atoms with Gasteiger partial charge in [0.1, 0.15) is 11.3 Å². The van der Waals surface area contributed by atoms with E-state index in [-0.39, 0.29) is 17.9 Å². The molecule has 5 heteroatoms. The Balaban J connectivity index is 1.44. The van der Waals surface area contributed by atoms with Gasteiger partial charge in [-0.05, 0) is 26.0 Å². The van der Waals surface area contributed by atoms with Gasteiger partial charge in [-0.2, -0.15) is 0 Å². The molecule has 2 aliphatic rings. The van der Waals surface area contributed by atoms with Crippen molar-refractivity contribution < 1.29 is 18.7 Å². The van der Waals surface area contributed by atoms with E-state index in [4.69, 9.17) is 13.9 Å². The van der Waals surface area contributed by atoms with Gasteiger partial charge in [0.15, 0.2) is 5.79 Å². The van der Waals surface area contributed by atoms with E-state index in [1.54, 1.807) is 0 Å². The molecule has 0 saturated carbocycles. The summed E-state index contributed by atoms with van der Waals surface area (Å²) in [6.07, 6.45) is 1.60. The molecular formula is C19H23NO4. The zero-order valence-electron chi connectivity index (χ0n) is 14.2. The van der Waals surface area contributed by atoms with E-state index in [0.717, 1.165) is 29.6 Å². The van der Waals surface area contributed by atoms with Crippen LogP contribution in [0.1, 0.15) is 38.4 Å². The molecule has 5 nitrogen and oxygen atoms in total. The summed E-state index contributed by atoms with van der Waals surface area (Å²) in [4.78, 5) is 14.7. The molecule has 0 radical (unpaired) electrons. The molecule has 0 N–H and O–H groups in total. The van der Waals surface area contributed by atoms with E-state index in [1.807, 2.05) is 49.1 Å². The lowest BCUT2D eigenvalue weighted by atomic mass is 10.0. The largest absolute Gasteiger partial charge is 0.460 e. The number of hydrogen-bond donors (Lipinski definition) is 0. The van der Waals surface area contributed by atoms with Crippen LogP contribution < -0.4 is 0 Å². The van der Waals surface area contributed by atoms with Crippen LogP contribution in [0.3, 0.4) is 0 Å². The molecule has 0 unspecified atom stereocenters. The second kappa shape index (κ2) is 5.90. The van der Waals surface area contributed by atoms with Crippen LogP contribution in [0.15, 0.2) is 34.7 Å². The Morgan fingerprint density at radius 3 is 2.71 bits per heavy atom. The number of nitrogens with zero attached hydrogens (tertiary/aromatic N) is 1. The molecular weight excluding hydrogens is 306 g/mol. The Bertz CT molecular complexity index is 712. The van der Waals surface area contributed by atoms with Crippen LogP contribution in [-0.2, 0) is 14.3 Å². The number of para-hydroxylation sites is 1. The Morgan fingerprint density at radius 2 is 2.04 bits per heavy atom. The maximum Gasteiger partial charge on any atom is 0.233 e. The van der Waals surface area contributed by atoms with Gasteiger partial charge in [0.25, 0.3) is 0 Å². The lowest BCUT2D eigenvalue weighted by molar-refractivity contribution is -0.195. The highest BCUT2D eigenvalue weighted by molar-refractivity contribution is 5.85. The van der Waals surface area contributed by atoms with E-state index >= 15 is 0 Å². The molecule has 1 spiro atoms. The molecule has 128 valence electrons. The molecule has 0 aliphatic carbocycles. The fraction of sp³-hybridized carbons (Fsp3) is 0.526. The number of furan rings is 1. The number of likely N-dealkylation sites (tertiary alicyclic amines) is 1. The summed E-state index contributed by atoms with van der Waals surface area (Å²) in [5, 5.41) is 1.03. The predicted molar refractivity (Wildman–Crippen MR) is 89.7 cm³/mol. The minimum Gasteiger partial charge on any atom is -0.460 e. The summed E-state index contributed by atoms with van der Waals surface area (Å²) < 4.78 is 17.6. The van der Waals surface area contributed by atoms with Crippen LogP contribution in [0.4, 0.5) is 0 Å². The minimum absolute atomic E-state index is 0.106. The van der Waals surface area contributed by atoms with E-state index in [2.05, 4.69) is 0 Å². The SMILES string of the molecule is C[C@@H]1COC2(CCN(C(=O)[C@@H](C)c3cc4ccccc4o3)CC2)O1. The van der Waals surface area contributed by atoms with Gasteiger partial charge >= 0.3 is 0 Å². The first-order valence-electron chi connectivity index (χ1n) is 8.65. The summed E-state index contributed by atoms with van der Waals surface area (Å²) in [6, 6.07) is 9.81. The lowest BCUT2D eigenvalue weighted by Gasteiger charge is -2.38. The van der Waals surface area contributed by atoms with Crippen molar-refractivity contribution >= 4 is 16.9 Å². The normalized spacial score (nSPS) is 24.6. The number of hydrogen-bond acceptors (Lipinski definition) is 4. The Kier molecular flexibility index (Phi) is 3.85. The molecule has 2 aromatic rings. The second-order valence-corrected chi connectivity index (χ2v) is 6.88. The first-order valence-corrected chi connectivity index (χ1v) is 8.65. The fourth-order valence-corrected chi connectivity index (χ4v) is 3.65. The Hall–Kier alpha value is -1.85. The van der Waals surface area contributed by atoms with Gasteiger partial charge in [0.2, 0.25) is 5.91 Å². The maximum atomic E-state index is 12.8. The molecule has 2 aliphatic heterocycles. The molecule has 1 amide bonds. The quantitative estimate of drug-likeness (QED) is 0.848. The Labute approximate surface area is 141 Å². The smallest absolute Gasteiger partial charge is 0.233 e.